The summed E-state index contributed by atoms with van der Waals surface area (Å²) >= 11 is 0. The number of rotatable bonds is 3. The first-order chi connectivity index (χ1) is 8.25. The molecule has 1 aromatic carbocycles. The first kappa shape index (κ1) is 13.6. The average molecular weight is 248 g/mol. The zero-order chi connectivity index (χ0) is 13.9. The number of hydrogen-bond donors (Lipinski definition) is 2. The minimum atomic E-state index is -1.15. The van der Waals surface area contributed by atoms with Gasteiger partial charge >= 0.3 is 0 Å². The number of anilines is 1. The van der Waals surface area contributed by atoms with Gasteiger partial charge in [0.05, 0.1) is 22.1 Å². The Labute approximate surface area is 103 Å². The number of benzene rings is 1. The molecule has 0 heterocycles. The SMILES string of the molecule is CC(C)(N)C(=O)Nc1ccc(C#N)cc1[N+](=O)[O-]. The van der Waals surface area contributed by atoms with E-state index in [-0.39, 0.29) is 16.9 Å². The maximum absolute atomic E-state index is 11.6. The molecule has 94 valence electrons. The maximum Gasteiger partial charge on any atom is 0.294 e. The molecule has 0 spiro atoms. The van der Waals surface area contributed by atoms with E-state index in [0.717, 1.165) is 6.07 Å². The van der Waals surface area contributed by atoms with Crippen LogP contribution in [0.15, 0.2) is 18.2 Å². The van der Waals surface area contributed by atoms with Crippen LogP contribution < -0.4 is 11.1 Å². The minimum absolute atomic E-state index is 0.0162. The minimum Gasteiger partial charge on any atom is -0.319 e. The smallest absolute Gasteiger partial charge is 0.294 e. The predicted octanol–water partition coefficient (Wildman–Crippen LogP) is 1.14. The fourth-order valence-electron chi connectivity index (χ4n) is 1.14. The number of nitro groups is 1. The molecule has 1 rings (SSSR count). The molecule has 0 saturated carbocycles. The molecule has 0 fully saturated rings. The van der Waals surface area contributed by atoms with Crippen molar-refractivity contribution < 1.29 is 9.72 Å². The molecule has 0 aliphatic heterocycles. The lowest BCUT2D eigenvalue weighted by Gasteiger charge is -2.17. The quantitative estimate of drug-likeness (QED) is 0.613. The molecule has 0 aromatic heterocycles. The molecular formula is C11H12N4O3. The molecule has 3 N–H and O–H groups in total. The Hall–Kier alpha value is -2.46. The Morgan fingerprint density at radius 1 is 1.56 bits per heavy atom. The van der Waals surface area contributed by atoms with Crippen molar-refractivity contribution in [2.75, 3.05) is 5.32 Å². The van der Waals surface area contributed by atoms with Crippen LogP contribution in [0, 0.1) is 21.4 Å². The number of amides is 1. The first-order valence-electron chi connectivity index (χ1n) is 5.04. The van der Waals surface area contributed by atoms with Crippen molar-refractivity contribution in [3.8, 4) is 6.07 Å². The zero-order valence-corrected chi connectivity index (χ0v) is 9.93. The predicted molar refractivity (Wildman–Crippen MR) is 64.7 cm³/mol. The molecular weight excluding hydrogens is 236 g/mol. The number of nitrogens with zero attached hydrogens (tertiary/aromatic N) is 2. The highest BCUT2D eigenvalue weighted by molar-refractivity contribution is 5.99. The summed E-state index contributed by atoms with van der Waals surface area (Å²) in [6.45, 7) is 2.97. The van der Waals surface area contributed by atoms with E-state index in [4.69, 9.17) is 11.0 Å². The van der Waals surface area contributed by atoms with Crippen LogP contribution >= 0.6 is 0 Å². The van der Waals surface area contributed by atoms with Gasteiger partial charge in [0.1, 0.15) is 5.69 Å². The molecule has 0 atom stereocenters. The Morgan fingerprint density at radius 2 is 2.17 bits per heavy atom. The summed E-state index contributed by atoms with van der Waals surface area (Å²) in [5.74, 6) is -0.546. The molecule has 0 saturated heterocycles. The molecule has 1 amide bonds. The highest BCUT2D eigenvalue weighted by Crippen LogP contribution is 2.25. The van der Waals surface area contributed by atoms with Gasteiger partial charge in [0.25, 0.3) is 5.69 Å². The van der Waals surface area contributed by atoms with Crippen molar-refractivity contribution in [3.05, 3.63) is 33.9 Å². The lowest BCUT2D eigenvalue weighted by molar-refractivity contribution is -0.383. The Balaban J connectivity index is 3.14. The lowest BCUT2D eigenvalue weighted by atomic mass is 10.1. The van der Waals surface area contributed by atoms with E-state index in [0.29, 0.717) is 0 Å². The van der Waals surface area contributed by atoms with E-state index < -0.39 is 16.4 Å². The molecule has 7 heteroatoms. The number of nitro benzene ring substituents is 1. The third-order valence-corrected chi connectivity index (χ3v) is 2.16. The van der Waals surface area contributed by atoms with Gasteiger partial charge in [0.15, 0.2) is 0 Å². The average Bonchev–Trinajstić information content (AvgIpc) is 2.27. The van der Waals surface area contributed by atoms with Gasteiger partial charge in [-0.15, -0.1) is 0 Å². The van der Waals surface area contributed by atoms with Gasteiger partial charge in [-0.1, -0.05) is 0 Å². The standard InChI is InChI=1S/C11H12N4O3/c1-11(2,13)10(16)14-8-4-3-7(6-12)5-9(8)15(17)18/h3-5H,13H2,1-2H3,(H,14,16). The van der Waals surface area contributed by atoms with Crippen LogP contribution in [0.5, 0.6) is 0 Å². The van der Waals surface area contributed by atoms with E-state index in [1.54, 1.807) is 6.07 Å². The van der Waals surface area contributed by atoms with Gasteiger partial charge in [0, 0.05) is 6.07 Å². The van der Waals surface area contributed by atoms with E-state index >= 15 is 0 Å². The van der Waals surface area contributed by atoms with Crippen LogP contribution in [-0.2, 0) is 4.79 Å². The van der Waals surface area contributed by atoms with Crippen molar-refractivity contribution in [2.45, 2.75) is 19.4 Å². The van der Waals surface area contributed by atoms with E-state index in [1.807, 2.05) is 0 Å². The molecule has 1 aromatic rings. The Morgan fingerprint density at radius 3 is 2.61 bits per heavy atom. The van der Waals surface area contributed by atoms with E-state index in [9.17, 15) is 14.9 Å². The van der Waals surface area contributed by atoms with Gasteiger partial charge < -0.3 is 11.1 Å². The number of nitrogens with one attached hydrogen (secondary N) is 1. The molecule has 0 aliphatic carbocycles. The normalized spacial score (nSPS) is 10.6. The summed E-state index contributed by atoms with van der Waals surface area (Å²) in [6, 6.07) is 5.57. The molecule has 0 unspecified atom stereocenters. The van der Waals surface area contributed by atoms with Crippen LogP contribution in [0.3, 0.4) is 0 Å². The Kier molecular flexibility index (Phi) is 3.64. The number of carbonyl (C=O) groups is 1. The van der Waals surface area contributed by atoms with Crippen molar-refractivity contribution in [3.63, 3.8) is 0 Å². The summed E-state index contributed by atoms with van der Waals surface area (Å²) in [6.07, 6.45) is 0. The van der Waals surface area contributed by atoms with Gasteiger partial charge in [-0.2, -0.15) is 5.26 Å². The lowest BCUT2D eigenvalue weighted by Crippen LogP contribution is -2.45. The van der Waals surface area contributed by atoms with E-state index in [2.05, 4.69) is 5.32 Å². The zero-order valence-electron chi connectivity index (χ0n) is 9.93. The van der Waals surface area contributed by atoms with Gasteiger partial charge in [0.2, 0.25) is 5.91 Å². The third-order valence-electron chi connectivity index (χ3n) is 2.16. The summed E-state index contributed by atoms with van der Waals surface area (Å²) in [5.41, 5.74) is 4.24. The van der Waals surface area contributed by atoms with Crippen LogP contribution in [0.2, 0.25) is 0 Å². The highest BCUT2D eigenvalue weighted by atomic mass is 16.6. The second kappa shape index (κ2) is 4.81. The maximum atomic E-state index is 11.6. The fraction of sp³-hybridized carbons (Fsp3) is 0.273. The molecule has 7 nitrogen and oxygen atoms in total. The summed E-state index contributed by atoms with van der Waals surface area (Å²) in [7, 11) is 0. The molecule has 0 radical (unpaired) electrons. The molecule has 18 heavy (non-hydrogen) atoms. The highest BCUT2D eigenvalue weighted by Gasteiger charge is 2.25. The van der Waals surface area contributed by atoms with Crippen molar-refractivity contribution in [1.29, 1.82) is 5.26 Å². The summed E-state index contributed by atoms with van der Waals surface area (Å²) in [5, 5.41) is 21.9. The van der Waals surface area contributed by atoms with Crippen molar-refractivity contribution in [1.82, 2.24) is 0 Å². The Bertz CT molecular complexity index is 540. The van der Waals surface area contributed by atoms with Gasteiger partial charge in [-0.05, 0) is 26.0 Å². The number of hydrogen-bond acceptors (Lipinski definition) is 5. The van der Waals surface area contributed by atoms with Gasteiger partial charge in [-0.3, -0.25) is 14.9 Å². The number of carbonyl (C=O) groups excluding carboxylic acids is 1. The molecule has 0 bridgehead atoms. The number of nitriles is 1. The topological polar surface area (TPSA) is 122 Å². The summed E-state index contributed by atoms with van der Waals surface area (Å²) in [4.78, 5) is 21.8. The fourth-order valence-corrected chi connectivity index (χ4v) is 1.14. The first-order valence-corrected chi connectivity index (χ1v) is 5.04. The molecule has 0 aliphatic rings. The monoisotopic (exact) mass is 248 g/mol. The third kappa shape index (κ3) is 3.02. The van der Waals surface area contributed by atoms with Gasteiger partial charge in [-0.25, -0.2) is 0 Å². The summed E-state index contributed by atoms with van der Waals surface area (Å²) < 4.78 is 0. The van der Waals surface area contributed by atoms with Crippen molar-refractivity contribution in [2.24, 2.45) is 5.73 Å². The van der Waals surface area contributed by atoms with E-state index in [1.165, 1.54) is 26.0 Å². The van der Waals surface area contributed by atoms with Crippen LogP contribution in [0.25, 0.3) is 0 Å². The second-order valence-corrected chi connectivity index (χ2v) is 4.28. The number of nitrogens with two attached hydrogens (primary N) is 1. The largest absolute Gasteiger partial charge is 0.319 e. The van der Waals surface area contributed by atoms with Crippen LogP contribution in [-0.4, -0.2) is 16.4 Å². The second-order valence-electron chi connectivity index (χ2n) is 4.28. The van der Waals surface area contributed by atoms with Crippen LogP contribution in [0.4, 0.5) is 11.4 Å². The van der Waals surface area contributed by atoms with Crippen molar-refractivity contribution >= 4 is 17.3 Å². The van der Waals surface area contributed by atoms with Crippen LogP contribution in [0.1, 0.15) is 19.4 Å².